The first kappa shape index (κ1) is 7.56. The summed E-state index contributed by atoms with van der Waals surface area (Å²) >= 11 is 0. The molecule has 0 aromatic heterocycles. The lowest BCUT2D eigenvalue weighted by Crippen LogP contribution is -2.44. The minimum atomic E-state index is 0.325. The van der Waals surface area contributed by atoms with E-state index in [0.717, 1.165) is 19.0 Å². The Hall–Kier alpha value is -0.0800. The number of fused-ring (bicyclic) bond motifs is 1. The van der Waals surface area contributed by atoms with E-state index in [1.807, 2.05) is 0 Å². The smallest absolute Gasteiger partial charge is 0.0491 e. The van der Waals surface area contributed by atoms with Crippen LogP contribution in [0.3, 0.4) is 0 Å². The van der Waals surface area contributed by atoms with E-state index in [9.17, 15) is 5.11 Å². The molecule has 64 valence electrons. The van der Waals surface area contributed by atoms with Crippen molar-refractivity contribution in [1.82, 2.24) is 5.32 Å². The largest absolute Gasteiger partial charge is 0.396 e. The van der Waals surface area contributed by atoms with Gasteiger partial charge in [-0.15, -0.1) is 0 Å². The fourth-order valence-corrected chi connectivity index (χ4v) is 2.76. The highest BCUT2D eigenvalue weighted by atomic mass is 16.3. The molecule has 0 aromatic carbocycles. The van der Waals surface area contributed by atoms with Gasteiger partial charge in [0.1, 0.15) is 0 Å². The van der Waals surface area contributed by atoms with E-state index in [1.165, 1.54) is 25.7 Å². The summed E-state index contributed by atoms with van der Waals surface area (Å²) in [6, 6.07) is 0. The fourth-order valence-electron chi connectivity index (χ4n) is 2.76. The second-order valence-electron chi connectivity index (χ2n) is 4.06. The molecule has 2 nitrogen and oxygen atoms in total. The van der Waals surface area contributed by atoms with Gasteiger partial charge in [-0.2, -0.15) is 0 Å². The Bertz CT molecular complexity index is 148. The summed E-state index contributed by atoms with van der Waals surface area (Å²) in [7, 11) is 0. The third-order valence-corrected chi connectivity index (χ3v) is 3.60. The highest BCUT2D eigenvalue weighted by Crippen LogP contribution is 2.46. The van der Waals surface area contributed by atoms with Crippen LogP contribution in [-0.4, -0.2) is 24.8 Å². The summed E-state index contributed by atoms with van der Waals surface area (Å²) in [6.07, 6.45) is 5.10. The number of hydrogen-bond donors (Lipinski definition) is 2. The quantitative estimate of drug-likeness (QED) is 0.586. The molecule has 2 atom stereocenters. The van der Waals surface area contributed by atoms with Gasteiger partial charge in [-0.25, -0.2) is 0 Å². The van der Waals surface area contributed by atoms with Crippen LogP contribution in [0.15, 0.2) is 0 Å². The van der Waals surface area contributed by atoms with E-state index in [0.29, 0.717) is 12.0 Å². The number of aliphatic hydroxyl groups is 1. The topological polar surface area (TPSA) is 32.3 Å². The molecule has 2 N–H and O–H groups in total. The maximum absolute atomic E-state index is 9.32. The van der Waals surface area contributed by atoms with Crippen molar-refractivity contribution in [2.24, 2.45) is 11.3 Å². The second kappa shape index (κ2) is 2.76. The van der Waals surface area contributed by atoms with Crippen molar-refractivity contribution in [3.63, 3.8) is 0 Å². The van der Waals surface area contributed by atoms with Crippen LogP contribution in [0, 0.1) is 11.3 Å². The predicted molar refractivity (Wildman–Crippen MR) is 44.3 cm³/mol. The molecule has 0 bridgehead atoms. The van der Waals surface area contributed by atoms with Crippen LogP contribution >= 0.6 is 0 Å². The molecule has 0 spiro atoms. The van der Waals surface area contributed by atoms with Gasteiger partial charge in [0.25, 0.3) is 0 Å². The predicted octanol–water partition coefficient (Wildman–Crippen LogP) is 0.758. The van der Waals surface area contributed by atoms with E-state index in [-0.39, 0.29) is 0 Å². The Labute approximate surface area is 68.0 Å². The average molecular weight is 155 g/mol. The minimum absolute atomic E-state index is 0.325. The molecule has 1 saturated heterocycles. The molecule has 2 heteroatoms. The van der Waals surface area contributed by atoms with E-state index >= 15 is 0 Å². The van der Waals surface area contributed by atoms with Crippen molar-refractivity contribution >= 4 is 0 Å². The number of nitrogens with one attached hydrogen (secondary N) is 1. The summed E-state index contributed by atoms with van der Waals surface area (Å²) in [4.78, 5) is 0. The average Bonchev–Trinajstić information content (AvgIpc) is 2.48. The van der Waals surface area contributed by atoms with Gasteiger partial charge in [0.15, 0.2) is 0 Å². The van der Waals surface area contributed by atoms with Crippen LogP contribution in [0.2, 0.25) is 0 Å². The maximum Gasteiger partial charge on any atom is 0.0491 e. The van der Waals surface area contributed by atoms with Crippen molar-refractivity contribution in [3.8, 4) is 0 Å². The lowest BCUT2D eigenvalue weighted by atomic mass is 9.74. The normalized spacial score (nSPS) is 43.9. The van der Waals surface area contributed by atoms with E-state index in [4.69, 9.17) is 0 Å². The molecule has 0 radical (unpaired) electrons. The van der Waals surface area contributed by atoms with Gasteiger partial charge < -0.3 is 10.4 Å². The van der Waals surface area contributed by atoms with Crippen molar-refractivity contribution in [2.75, 3.05) is 19.7 Å². The maximum atomic E-state index is 9.32. The molecule has 2 unspecified atom stereocenters. The van der Waals surface area contributed by atoms with Crippen LogP contribution in [-0.2, 0) is 0 Å². The monoisotopic (exact) mass is 155 g/mol. The molecule has 2 aliphatic rings. The number of rotatable bonds is 1. The third-order valence-electron chi connectivity index (χ3n) is 3.60. The molecule has 11 heavy (non-hydrogen) atoms. The Morgan fingerprint density at radius 1 is 1.45 bits per heavy atom. The van der Waals surface area contributed by atoms with Crippen molar-refractivity contribution in [2.45, 2.75) is 25.7 Å². The summed E-state index contributed by atoms with van der Waals surface area (Å²) in [5.74, 6) is 0.765. The Morgan fingerprint density at radius 2 is 2.36 bits per heavy atom. The zero-order valence-electron chi connectivity index (χ0n) is 6.97. The van der Waals surface area contributed by atoms with Crippen LogP contribution in [0.5, 0.6) is 0 Å². The van der Waals surface area contributed by atoms with Crippen molar-refractivity contribution in [1.29, 1.82) is 0 Å². The SMILES string of the molecule is OCC12CCCC1CNCC2. The first-order valence-electron chi connectivity index (χ1n) is 4.69. The van der Waals surface area contributed by atoms with Crippen molar-refractivity contribution < 1.29 is 5.11 Å². The molecule has 1 aliphatic heterocycles. The van der Waals surface area contributed by atoms with E-state index in [2.05, 4.69) is 5.32 Å². The first-order chi connectivity index (χ1) is 5.37. The highest BCUT2D eigenvalue weighted by Gasteiger charge is 2.43. The zero-order valence-corrected chi connectivity index (χ0v) is 6.97. The summed E-state index contributed by atoms with van der Waals surface area (Å²) in [6.45, 7) is 2.66. The van der Waals surface area contributed by atoms with Gasteiger partial charge in [-0.3, -0.25) is 0 Å². The Kier molecular flexibility index (Phi) is 1.90. The van der Waals surface area contributed by atoms with Crippen molar-refractivity contribution in [3.05, 3.63) is 0 Å². The number of aliphatic hydroxyl groups excluding tert-OH is 1. The molecule has 2 fully saturated rings. The number of hydrogen-bond acceptors (Lipinski definition) is 2. The lowest BCUT2D eigenvalue weighted by Gasteiger charge is -2.38. The molecule has 0 aromatic rings. The molecular formula is C9H17NO. The van der Waals surface area contributed by atoms with Crippen LogP contribution in [0.1, 0.15) is 25.7 Å². The summed E-state index contributed by atoms with van der Waals surface area (Å²) < 4.78 is 0. The van der Waals surface area contributed by atoms with E-state index in [1.54, 1.807) is 0 Å². The Balaban J connectivity index is 2.12. The lowest BCUT2D eigenvalue weighted by molar-refractivity contribution is 0.0561. The molecular weight excluding hydrogens is 138 g/mol. The summed E-state index contributed by atoms with van der Waals surface area (Å²) in [5.41, 5.74) is 0.325. The number of piperidine rings is 1. The van der Waals surface area contributed by atoms with Gasteiger partial charge in [0, 0.05) is 6.61 Å². The van der Waals surface area contributed by atoms with Gasteiger partial charge in [0.2, 0.25) is 0 Å². The van der Waals surface area contributed by atoms with Gasteiger partial charge in [-0.1, -0.05) is 6.42 Å². The molecule has 1 heterocycles. The first-order valence-corrected chi connectivity index (χ1v) is 4.69. The zero-order chi connectivity index (χ0) is 7.73. The van der Waals surface area contributed by atoms with Crippen LogP contribution in [0.25, 0.3) is 0 Å². The molecule has 0 amide bonds. The van der Waals surface area contributed by atoms with Crippen LogP contribution < -0.4 is 5.32 Å². The standard InChI is InChI=1S/C9H17NO/c11-7-9-3-1-2-8(9)6-10-5-4-9/h8,10-11H,1-7H2. The third kappa shape index (κ3) is 1.09. The fraction of sp³-hybridized carbons (Fsp3) is 1.00. The minimum Gasteiger partial charge on any atom is -0.396 e. The summed E-state index contributed by atoms with van der Waals surface area (Å²) in [5, 5.41) is 12.7. The molecule has 1 aliphatic carbocycles. The van der Waals surface area contributed by atoms with Gasteiger partial charge in [0.05, 0.1) is 0 Å². The van der Waals surface area contributed by atoms with Crippen LogP contribution in [0.4, 0.5) is 0 Å². The van der Waals surface area contributed by atoms with Gasteiger partial charge >= 0.3 is 0 Å². The van der Waals surface area contributed by atoms with Gasteiger partial charge in [-0.05, 0) is 43.7 Å². The van der Waals surface area contributed by atoms with E-state index < -0.39 is 0 Å². The second-order valence-corrected chi connectivity index (χ2v) is 4.06. The Morgan fingerprint density at radius 3 is 3.09 bits per heavy atom. The molecule has 2 rings (SSSR count). The molecule has 1 saturated carbocycles. The highest BCUT2D eigenvalue weighted by molar-refractivity contribution is 4.95.